The number of benzene rings is 1. The molecular formula is C14H21NOS. The van der Waals surface area contributed by atoms with E-state index in [4.69, 9.17) is 5.73 Å². The first-order valence-corrected chi connectivity index (χ1v) is 6.98. The smallest absolute Gasteiger partial charge is 0.155 e. The van der Waals surface area contributed by atoms with Crippen molar-refractivity contribution in [2.24, 2.45) is 11.1 Å². The number of thioether (sulfide) groups is 1. The van der Waals surface area contributed by atoms with Crippen molar-refractivity contribution >= 4 is 17.5 Å². The monoisotopic (exact) mass is 251 g/mol. The third-order valence-corrected chi connectivity index (χ3v) is 3.62. The molecule has 0 heterocycles. The average Bonchev–Trinajstić information content (AvgIpc) is 2.28. The van der Waals surface area contributed by atoms with E-state index >= 15 is 0 Å². The predicted octanol–water partition coefficient (Wildman–Crippen LogP) is 2.86. The Balaban J connectivity index is 2.35. The molecule has 1 aromatic carbocycles. The summed E-state index contributed by atoms with van der Waals surface area (Å²) in [5.41, 5.74) is 6.83. The van der Waals surface area contributed by atoms with Crippen LogP contribution in [0.15, 0.2) is 30.3 Å². The number of rotatable bonds is 5. The minimum atomic E-state index is -0.358. The highest BCUT2D eigenvalue weighted by Gasteiger charge is 2.26. The Bertz CT molecular complexity index is 356. The van der Waals surface area contributed by atoms with E-state index in [2.05, 4.69) is 12.1 Å². The molecule has 2 nitrogen and oxygen atoms in total. The maximum absolute atomic E-state index is 11.9. The molecule has 1 atom stereocenters. The van der Waals surface area contributed by atoms with Crippen LogP contribution in [-0.4, -0.2) is 17.6 Å². The first-order valence-electron chi connectivity index (χ1n) is 5.83. The second-order valence-corrected chi connectivity index (χ2v) is 6.25. The summed E-state index contributed by atoms with van der Waals surface area (Å²) in [6, 6.07) is 9.87. The van der Waals surface area contributed by atoms with Crippen molar-refractivity contribution in [2.75, 3.05) is 5.75 Å². The van der Waals surface area contributed by atoms with Crippen LogP contribution in [0.1, 0.15) is 26.3 Å². The Morgan fingerprint density at radius 2 is 1.88 bits per heavy atom. The van der Waals surface area contributed by atoms with Gasteiger partial charge in [0.05, 0.1) is 6.04 Å². The zero-order valence-electron chi connectivity index (χ0n) is 10.8. The maximum Gasteiger partial charge on any atom is 0.155 e. The highest BCUT2D eigenvalue weighted by Crippen LogP contribution is 2.19. The third kappa shape index (κ3) is 4.92. The van der Waals surface area contributed by atoms with Crippen LogP contribution < -0.4 is 5.73 Å². The van der Waals surface area contributed by atoms with Crippen LogP contribution in [-0.2, 0) is 10.5 Å². The van der Waals surface area contributed by atoms with E-state index in [-0.39, 0.29) is 17.2 Å². The van der Waals surface area contributed by atoms with Gasteiger partial charge in [-0.1, -0.05) is 51.1 Å². The van der Waals surface area contributed by atoms with Crippen LogP contribution in [0.2, 0.25) is 0 Å². The van der Waals surface area contributed by atoms with Crippen molar-refractivity contribution in [1.29, 1.82) is 0 Å². The van der Waals surface area contributed by atoms with E-state index < -0.39 is 0 Å². The summed E-state index contributed by atoms with van der Waals surface area (Å²) in [4.78, 5) is 11.9. The molecule has 0 saturated carbocycles. The second-order valence-electron chi connectivity index (χ2n) is 5.22. The van der Waals surface area contributed by atoms with Gasteiger partial charge >= 0.3 is 0 Å². The van der Waals surface area contributed by atoms with Crippen LogP contribution in [0.3, 0.4) is 0 Å². The van der Waals surface area contributed by atoms with Gasteiger partial charge in [0.1, 0.15) is 0 Å². The quantitative estimate of drug-likeness (QED) is 0.875. The summed E-state index contributed by atoms with van der Waals surface area (Å²) in [7, 11) is 0. The minimum absolute atomic E-state index is 0.137. The number of carbonyl (C=O) groups is 1. The van der Waals surface area contributed by atoms with Gasteiger partial charge in [-0.05, 0) is 5.56 Å². The summed E-state index contributed by atoms with van der Waals surface area (Å²) in [6.07, 6.45) is 0. The van der Waals surface area contributed by atoms with E-state index in [1.165, 1.54) is 5.56 Å². The van der Waals surface area contributed by atoms with Crippen LogP contribution in [0.5, 0.6) is 0 Å². The molecule has 1 unspecified atom stereocenters. The molecule has 0 amide bonds. The van der Waals surface area contributed by atoms with Crippen molar-refractivity contribution in [3.05, 3.63) is 35.9 Å². The topological polar surface area (TPSA) is 43.1 Å². The van der Waals surface area contributed by atoms with Crippen molar-refractivity contribution in [3.8, 4) is 0 Å². The van der Waals surface area contributed by atoms with Gasteiger partial charge in [0, 0.05) is 16.9 Å². The lowest BCUT2D eigenvalue weighted by Gasteiger charge is -2.21. The Morgan fingerprint density at radius 3 is 2.41 bits per heavy atom. The Kier molecular flexibility index (Phi) is 5.22. The molecule has 1 rings (SSSR count). The molecule has 0 aliphatic heterocycles. The van der Waals surface area contributed by atoms with Crippen LogP contribution in [0.25, 0.3) is 0 Å². The van der Waals surface area contributed by atoms with Gasteiger partial charge < -0.3 is 5.73 Å². The number of nitrogens with two attached hydrogens (primary N) is 1. The molecule has 0 fully saturated rings. The van der Waals surface area contributed by atoms with E-state index in [9.17, 15) is 4.79 Å². The Morgan fingerprint density at radius 1 is 1.29 bits per heavy atom. The van der Waals surface area contributed by atoms with E-state index in [0.29, 0.717) is 5.75 Å². The van der Waals surface area contributed by atoms with Gasteiger partial charge in [-0.15, -0.1) is 0 Å². The number of carbonyl (C=O) groups excluding carboxylic acids is 1. The molecule has 0 aromatic heterocycles. The first kappa shape index (κ1) is 14.3. The van der Waals surface area contributed by atoms with Gasteiger partial charge in [-0.3, -0.25) is 4.79 Å². The lowest BCUT2D eigenvalue weighted by Crippen LogP contribution is -2.40. The predicted molar refractivity (Wildman–Crippen MR) is 75.0 cm³/mol. The zero-order chi connectivity index (χ0) is 12.9. The van der Waals surface area contributed by atoms with Crippen molar-refractivity contribution < 1.29 is 4.79 Å². The summed E-state index contributed by atoms with van der Waals surface area (Å²) >= 11 is 1.71. The summed E-state index contributed by atoms with van der Waals surface area (Å²) in [5.74, 6) is 1.73. The maximum atomic E-state index is 11.9. The molecule has 94 valence electrons. The van der Waals surface area contributed by atoms with Gasteiger partial charge in [-0.25, -0.2) is 0 Å². The minimum Gasteiger partial charge on any atom is -0.321 e. The lowest BCUT2D eigenvalue weighted by molar-refractivity contribution is -0.127. The Labute approximate surface area is 108 Å². The summed E-state index contributed by atoms with van der Waals surface area (Å²) in [5, 5.41) is 0. The summed E-state index contributed by atoms with van der Waals surface area (Å²) < 4.78 is 0. The van der Waals surface area contributed by atoms with Crippen LogP contribution in [0, 0.1) is 5.41 Å². The normalized spacial score (nSPS) is 13.4. The van der Waals surface area contributed by atoms with Crippen molar-refractivity contribution in [3.63, 3.8) is 0 Å². The molecule has 0 saturated heterocycles. The molecule has 0 spiro atoms. The van der Waals surface area contributed by atoms with E-state index in [1.54, 1.807) is 11.8 Å². The summed E-state index contributed by atoms with van der Waals surface area (Å²) in [6.45, 7) is 5.74. The fourth-order valence-corrected chi connectivity index (χ4v) is 2.46. The largest absolute Gasteiger partial charge is 0.321 e. The van der Waals surface area contributed by atoms with Crippen molar-refractivity contribution in [1.82, 2.24) is 0 Å². The number of Topliss-reactive ketones (excluding diaryl/α,β-unsaturated/α-hetero) is 1. The van der Waals surface area contributed by atoms with Crippen LogP contribution >= 0.6 is 11.8 Å². The molecule has 3 heteroatoms. The SMILES string of the molecule is CC(C)(C)C(=O)C(N)CSCc1ccccc1. The fourth-order valence-electron chi connectivity index (χ4n) is 1.51. The fraction of sp³-hybridized carbons (Fsp3) is 0.500. The van der Waals surface area contributed by atoms with E-state index in [0.717, 1.165) is 5.75 Å². The molecule has 0 aliphatic carbocycles. The van der Waals surface area contributed by atoms with Crippen LogP contribution in [0.4, 0.5) is 0 Å². The van der Waals surface area contributed by atoms with Gasteiger partial charge in [-0.2, -0.15) is 11.8 Å². The second kappa shape index (κ2) is 6.22. The molecule has 17 heavy (non-hydrogen) atoms. The zero-order valence-corrected chi connectivity index (χ0v) is 11.6. The van der Waals surface area contributed by atoms with Crippen molar-refractivity contribution in [2.45, 2.75) is 32.6 Å². The van der Waals surface area contributed by atoms with Gasteiger partial charge in [0.15, 0.2) is 5.78 Å². The molecule has 2 N–H and O–H groups in total. The number of ketones is 1. The lowest BCUT2D eigenvalue weighted by atomic mass is 9.87. The number of hydrogen-bond donors (Lipinski definition) is 1. The molecule has 0 bridgehead atoms. The number of hydrogen-bond acceptors (Lipinski definition) is 3. The first-order chi connectivity index (χ1) is 7.91. The highest BCUT2D eigenvalue weighted by molar-refractivity contribution is 7.98. The average molecular weight is 251 g/mol. The molecule has 1 aromatic rings. The molecular weight excluding hydrogens is 230 g/mol. The molecule has 0 radical (unpaired) electrons. The van der Waals surface area contributed by atoms with Gasteiger partial charge in [0.2, 0.25) is 0 Å². The van der Waals surface area contributed by atoms with Gasteiger partial charge in [0.25, 0.3) is 0 Å². The Hall–Kier alpha value is -0.800. The third-order valence-electron chi connectivity index (χ3n) is 2.48. The molecule has 0 aliphatic rings. The highest BCUT2D eigenvalue weighted by atomic mass is 32.2. The standard InChI is InChI=1S/C14H21NOS/c1-14(2,3)13(16)12(15)10-17-9-11-7-5-4-6-8-11/h4-8,12H,9-10,15H2,1-3H3. The van der Waals surface area contributed by atoms with E-state index in [1.807, 2.05) is 39.0 Å².